The molecule has 0 aromatic rings. The SMILES string of the molecule is CCC=S(C)CCCC. The summed E-state index contributed by atoms with van der Waals surface area (Å²) >= 11 is 0. The van der Waals surface area contributed by atoms with Gasteiger partial charge >= 0.3 is 0 Å². The lowest BCUT2D eigenvalue weighted by atomic mass is 10.4. The first-order valence-corrected chi connectivity index (χ1v) is 5.62. The van der Waals surface area contributed by atoms with Gasteiger partial charge in [0, 0.05) is 0 Å². The topological polar surface area (TPSA) is 0 Å². The Bertz CT molecular complexity index is 84.6. The summed E-state index contributed by atoms with van der Waals surface area (Å²) in [6.45, 7) is 4.47. The molecular formula is C8H18S. The van der Waals surface area contributed by atoms with E-state index in [2.05, 4.69) is 25.5 Å². The van der Waals surface area contributed by atoms with E-state index in [1.807, 2.05) is 0 Å². The fourth-order valence-electron chi connectivity index (χ4n) is 0.740. The van der Waals surface area contributed by atoms with Crippen molar-refractivity contribution in [3.8, 4) is 0 Å². The second-order valence-electron chi connectivity index (χ2n) is 2.32. The Morgan fingerprint density at radius 2 is 2.00 bits per heavy atom. The standard InChI is InChI=1S/C8H18S/c1-4-6-8-9(3)7-5-2/h7H,4-6,8H2,1-3H3. The molecule has 0 aliphatic rings. The average Bonchev–Trinajstić information content (AvgIpc) is 1.85. The van der Waals surface area contributed by atoms with Crippen LogP contribution in [0.4, 0.5) is 0 Å². The Hall–Kier alpha value is 0.220. The van der Waals surface area contributed by atoms with Gasteiger partial charge in [0.15, 0.2) is 0 Å². The molecular weight excluding hydrogens is 128 g/mol. The van der Waals surface area contributed by atoms with E-state index in [1.54, 1.807) is 0 Å². The Kier molecular flexibility index (Phi) is 6.50. The number of unbranched alkanes of at least 4 members (excludes halogenated alkanes) is 1. The van der Waals surface area contributed by atoms with Crippen molar-refractivity contribution in [2.24, 2.45) is 0 Å². The third kappa shape index (κ3) is 6.10. The van der Waals surface area contributed by atoms with Crippen molar-refractivity contribution in [3.63, 3.8) is 0 Å². The zero-order chi connectivity index (χ0) is 7.11. The summed E-state index contributed by atoms with van der Waals surface area (Å²) < 4.78 is 0. The molecule has 0 rings (SSSR count). The van der Waals surface area contributed by atoms with E-state index in [9.17, 15) is 0 Å². The minimum absolute atomic E-state index is 0.605. The van der Waals surface area contributed by atoms with Crippen molar-refractivity contribution < 1.29 is 0 Å². The van der Waals surface area contributed by atoms with Crippen molar-refractivity contribution in [1.82, 2.24) is 0 Å². The number of rotatable bonds is 4. The molecule has 1 atom stereocenters. The van der Waals surface area contributed by atoms with E-state index >= 15 is 0 Å². The van der Waals surface area contributed by atoms with Crippen LogP contribution in [0.5, 0.6) is 0 Å². The van der Waals surface area contributed by atoms with Crippen LogP contribution in [-0.2, 0) is 0 Å². The summed E-state index contributed by atoms with van der Waals surface area (Å²) in [5.41, 5.74) is 0. The van der Waals surface area contributed by atoms with Gasteiger partial charge in [-0.3, -0.25) is 0 Å². The van der Waals surface area contributed by atoms with Crippen LogP contribution in [0.3, 0.4) is 0 Å². The molecule has 0 nitrogen and oxygen atoms in total. The highest BCUT2D eigenvalue weighted by Gasteiger charge is 1.83. The van der Waals surface area contributed by atoms with Crippen molar-refractivity contribution in [3.05, 3.63) is 0 Å². The van der Waals surface area contributed by atoms with Crippen LogP contribution in [-0.4, -0.2) is 17.4 Å². The third-order valence-corrected chi connectivity index (χ3v) is 3.11. The molecule has 1 unspecified atom stereocenters. The molecule has 0 fully saturated rings. The average molecular weight is 146 g/mol. The summed E-state index contributed by atoms with van der Waals surface area (Å²) in [7, 11) is 0.605. The summed E-state index contributed by atoms with van der Waals surface area (Å²) in [6, 6.07) is 0. The van der Waals surface area contributed by atoms with E-state index in [4.69, 9.17) is 0 Å². The quantitative estimate of drug-likeness (QED) is 0.535. The van der Waals surface area contributed by atoms with Crippen molar-refractivity contribution >= 4 is 15.9 Å². The highest BCUT2D eigenvalue weighted by atomic mass is 32.2. The Labute approximate surface area is 61.6 Å². The molecule has 0 aromatic heterocycles. The highest BCUT2D eigenvalue weighted by Crippen LogP contribution is 2.08. The van der Waals surface area contributed by atoms with Gasteiger partial charge in [-0.2, -0.15) is 10.5 Å². The van der Waals surface area contributed by atoms with Gasteiger partial charge in [-0.15, -0.1) is 0 Å². The molecule has 0 amide bonds. The molecule has 0 aromatic carbocycles. The molecule has 0 spiro atoms. The molecule has 9 heavy (non-hydrogen) atoms. The van der Waals surface area contributed by atoms with Crippen LogP contribution in [0.2, 0.25) is 0 Å². The maximum Gasteiger partial charge on any atom is -0.0123 e. The van der Waals surface area contributed by atoms with Crippen LogP contribution in [0.25, 0.3) is 0 Å². The minimum Gasteiger partial charge on any atom is -0.193 e. The highest BCUT2D eigenvalue weighted by molar-refractivity contribution is 8.14. The predicted octanol–water partition coefficient (Wildman–Crippen LogP) is 2.90. The summed E-state index contributed by atoms with van der Waals surface area (Å²) in [5, 5.41) is 2.43. The largest absolute Gasteiger partial charge is 0.193 e. The zero-order valence-corrected chi connectivity index (χ0v) is 7.63. The molecule has 1 heteroatoms. The third-order valence-electron chi connectivity index (χ3n) is 1.27. The molecule has 0 saturated carbocycles. The number of hydrogen-bond donors (Lipinski definition) is 0. The van der Waals surface area contributed by atoms with E-state index in [1.165, 1.54) is 25.0 Å². The van der Waals surface area contributed by atoms with Crippen LogP contribution in [0.15, 0.2) is 0 Å². The van der Waals surface area contributed by atoms with E-state index < -0.39 is 0 Å². The molecule has 0 radical (unpaired) electrons. The van der Waals surface area contributed by atoms with Crippen molar-refractivity contribution in [1.29, 1.82) is 0 Å². The molecule has 0 heterocycles. The monoisotopic (exact) mass is 146 g/mol. The smallest absolute Gasteiger partial charge is 0.0123 e. The lowest BCUT2D eigenvalue weighted by molar-refractivity contribution is 0.897. The fourth-order valence-corrected chi connectivity index (χ4v) is 2.22. The first kappa shape index (κ1) is 9.22. The molecule has 56 valence electrons. The molecule has 0 N–H and O–H groups in total. The van der Waals surface area contributed by atoms with Crippen LogP contribution in [0.1, 0.15) is 33.1 Å². The van der Waals surface area contributed by atoms with E-state index in [-0.39, 0.29) is 0 Å². The Morgan fingerprint density at radius 3 is 2.44 bits per heavy atom. The first-order chi connectivity index (χ1) is 4.31. The van der Waals surface area contributed by atoms with Gasteiger partial charge in [-0.05, 0) is 24.9 Å². The van der Waals surface area contributed by atoms with Gasteiger partial charge < -0.3 is 0 Å². The fraction of sp³-hybridized carbons (Fsp3) is 0.875. The van der Waals surface area contributed by atoms with Crippen LogP contribution >= 0.6 is 10.5 Å². The van der Waals surface area contributed by atoms with Gasteiger partial charge in [0.1, 0.15) is 0 Å². The molecule has 0 aliphatic carbocycles. The second kappa shape index (κ2) is 6.34. The van der Waals surface area contributed by atoms with Gasteiger partial charge in [-0.1, -0.05) is 25.6 Å². The molecule has 0 bridgehead atoms. The van der Waals surface area contributed by atoms with Crippen molar-refractivity contribution in [2.75, 3.05) is 12.0 Å². The van der Waals surface area contributed by atoms with Crippen LogP contribution in [0, 0.1) is 0 Å². The van der Waals surface area contributed by atoms with Gasteiger partial charge in [0.05, 0.1) is 0 Å². The van der Waals surface area contributed by atoms with E-state index in [0.29, 0.717) is 10.5 Å². The summed E-state index contributed by atoms with van der Waals surface area (Å²) in [5.74, 6) is 1.41. The Balaban J connectivity index is 3.25. The molecule has 0 aliphatic heterocycles. The summed E-state index contributed by atoms with van der Waals surface area (Å²) in [6.07, 6.45) is 6.31. The van der Waals surface area contributed by atoms with Gasteiger partial charge in [-0.25, -0.2) is 0 Å². The van der Waals surface area contributed by atoms with Crippen LogP contribution < -0.4 is 0 Å². The van der Waals surface area contributed by atoms with Gasteiger partial charge in [0.2, 0.25) is 0 Å². The minimum atomic E-state index is 0.605. The van der Waals surface area contributed by atoms with E-state index in [0.717, 1.165) is 0 Å². The van der Waals surface area contributed by atoms with Crippen molar-refractivity contribution in [2.45, 2.75) is 33.1 Å². The maximum atomic E-state index is 2.43. The maximum absolute atomic E-state index is 2.43. The second-order valence-corrected chi connectivity index (χ2v) is 4.45. The van der Waals surface area contributed by atoms with Gasteiger partial charge in [0.25, 0.3) is 0 Å². The number of hydrogen-bond acceptors (Lipinski definition) is 0. The lowest BCUT2D eigenvalue weighted by Crippen LogP contribution is -1.81. The Morgan fingerprint density at radius 1 is 1.33 bits per heavy atom. The predicted molar refractivity (Wildman–Crippen MR) is 49.6 cm³/mol. The normalized spacial score (nSPS) is 14.1. The summed E-state index contributed by atoms with van der Waals surface area (Å²) in [4.78, 5) is 0. The first-order valence-electron chi connectivity index (χ1n) is 3.76. The zero-order valence-electron chi connectivity index (χ0n) is 6.81. The molecule has 0 saturated heterocycles. The lowest BCUT2D eigenvalue weighted by Gasteiger charge is -1.98.